The van der Waals surface area contributed by atoms with Gasteiger partial charge in [-0.1, -0.05) is 12.8 Å². The Bertz CT molecular complexity index is 363. The summed E-state index contributed by atoms with van der Waals surface area (Å²) >= 11 is 0. The fourth-order valence-electron chi connectivity index (χ4n) is 2.29. The van der Waals surface area contributed by atoms with E-state index < -0.39 is 0 Å². The highest BCUT2D eigenvalue weighted by Gasteiger charge is 2.23. The van der Waals surface area contributed by atoms with Gasteiger partial charge < -0.3 is 5.32 Å². The van der Waals surface area contributed by atoms with E-state index in [0.717, 1.165) is 18.2 Å². The highest BCUT2D eigenvalue weighted by Crippen LogP contribution is 2.33. The minimum absolute atomic E-state index is 0.631. The lowest BCUT2D eigenvalue weighted by molar-refractivity contribution is 0.486. The van der Waals surface area contributed by atoms with E-state index >= 15 is 0 Å². The molecule has 90 valence electrons. The maximum atomic E-state index is 4.44. The molecule has 1 atom stereocenters. The first-order chi connectivity index (χ1) is 7.58. The van der Waals surface area contributed by atoms with Crippen molar-refractivity contribution >= 4 is 0 Å². The molecular weight excluding hydrogens is 198 g/mol. The molecule has 0 aromatic carbocycles. The molecular formula is C13H23N3. The van der Waals surface area contributed by atoms with E-state index in [0.29, 0.717) is 6.04 Å². The van der Waals surface area contributed by atoms with Crippen LogP contribution in [0, 0.1) is 19.8 Å². The van der Waals surface area contributed by atoms with E-state index in [-0.39, 0.29) is 0 Å². The summed E-state index contributed by atoms with van der Waals surface area (Å²) < 4.78 is 1.97. The first kappa shape index (κ1) is 11.6. The first-order valence-electron chi connectivity index (χ1n) is 6.30. The Balaban J connectivity index is 1.87. The van der Waals surface area contributed by atoms with E-state index in [1.807, 2.05) is 11.7 Å². The van der Waals surface area contributed by atoms with Gasteiger partial charge in [-0.15, -0.1) is 0 Å². The summed E-state index contributed by atoms with van der Waals surface area (Å²) in [6.07, 6.45) is 4.21. The van der Waals surface area contributed by atoms with Crippen molar-refractivity contribution in [2.75, 3.05) is 0 Å². The predicted molar refractivity (Wildman–Crippen MR) is 66.3 cm³/mol. The van der Waals surface area contributed by atoms with E-state index in [2.05, 4.69) is 31.2 Å². The Labute approximate surface area is 98.2 Å². The average Bonchev–Trinajstić information content (AvgIpc) is 2.97. The molecule has 1 unspecified atom stereocenters. The van der Waals surface area contributed by atoms with Crippen LogP contribution in [-0.2, 0) is 13.6 Å². The fourth-order valence-corrected chi connectivity index (χ4v) is 2.29. The van der Waals surface area contributed by atoms with E-state index in [9.17, 15) is 0 Å². The number of hydrogen-bond donors (Lipinski definition) is 1. The Kier molecular flexibility index (Phi) is 3.33. The number of aryl methyl sites for hydroxylation is 2. The third kappa shape index (κ3) is 2.64. The first-order valence-corrected chi connectivity index (χ1v) is 6.30. The fraction of sp³-hybridized carbons (Fsp3) is 0.769. The Morgan fingerprint density at radius 3 is 2.62 bits per heavy atom. The Hall–Kier alpha value is -0.830. The molecule has 0 spiro atoms. The summed E-state index contributed by atoms with van der Waals surface area (Å²) in [6.45, 7) is 7.48. The standard InChI is InChI=1S/C13H23N3/c1-9(7-12-5-6-12)14-8-13-10(2)15-16(4)11(13)3/h9,12,14H,5-8H2,1-4H3. The number of nitrogens with one attached hydrogen (secondary N) is 1. The molecule has 1 aliphatic carbocycles. The van der Waals surface area contributed by atoms with Crippen molar-refractivity contribution in [3.05, 3.63) is 17.0 Å². The smallest absolute Gasteiger partial charge is 0.0641 e. The summed E-state index contributed by atoms with van der Waals surface area (Å²) in [5, 5.41) is 8.05. The molecule has 0 bridgehead atoms. The zero-order valence-electron chi connectivity index (χ0n) is 10.9. The van der Waals surface area contributed by atoms with Gasteiger partial charge in [0.25, 0.3) is 0 Å². The lowest BCUT2D eigenvalue weighted by atomic mass is 10.1. The zero-order valence-corrected chi connectivity index (χ0v) is 10.9. The molecule has 1 saturated carbocycles. The molecule has 1 aromatic heterocycles. The molecule has 0 saturated heterocycles. The maximum Gasteiger partial charge on any atom is 0.0641 e. The molecule has 0 radical (unpaired) electrons. The third-order valence-corrected chi connectivity index (χ3v) is 3.67. The summed E-state index contributed by atoms with van der Waals surface area (Å²) in [6, 6.07) is 0.631. The number of aromatic nitrogens is 2. The molecule has 1 heterocycles. The second kappa shape index (κ2) is 4.58. The van der Waals surface area contributed by atoms with Crippen LogP contribution in [-0.4, -0.2) is 15.8 Å². The lowest BCUT2D eigenvalue weighted by Crippen LogP contribution is -2.26. The number of rotatable bonds is 5. The van der Waals surface area contributed by atoms with Crippen molar-refractivity contribution in [1.29, 1.82) is 0 Å². The average molecular weight is 221 g/mol. The molecule has 16 heavy (non-hydrogen) atoms. The van der Waals surface area contributed by atoms with Gasteiger partial charge in [-0.05, 0) is 33.1 Å². The van der Waals surface area contributed by atoms with Crippen LogP contribution in [0.3, 0.4) is 0 Å². The van der Waals surface area contributed by atoms with Gasteiger partial charge in [0.05, 0.1) is 5.69 Å². The molecule has 1 fully saturated rings. The molecule has 1 N–H and O–H groups in total. The zero-order chi connectivity index (χ0) is 11.7. The van der Waals surface area contributed by atoms with Crippen molar-refractivity contribution in [3.63, 3.8) is 0 Å². The second-order valence-electron chi connectivity index (χ2n) is 5.23. The highest BCUT2D eigenvalue weighted by atomic mass is 15.3. The molecule has 1 aliphatic rings. The number of hydrogen-bond acceptors (Lipinski definition) is 2. The lowest BCUT2D eigenvalue weighted by Gasteiger charge is -2.13. The largest absolute Gasteiger partial charge is 0.310 e. The predicted octanol–water partition coefficient (Wildman–Crippen LogP) is 2.32. The van der Waals surface area contributed by atoms with Crippen LogP contribution in [0.25, 0.3) is 0 Å². The van der Waals surface area contributed by atoms with Crippen LogP contribution < -0.4 is 5.32 Å². The molecule has 3 heteroatoms. The van der Waals surface area contributed by atoms with Crippen LogP contribution in [0.5, 0.6) is 0 Å². The molecule has 0 amide bonds. The third-order valence-electron chi connectivity index (χ3n) is 3.67. The van der Waals surface area contributed by atoms with Crippen LogP contribution in [0.1, 0.15) is 43.1 Å². The molecule has 2 rings (SSSR count). The summed E-state index contributed by atoms with van der Waals surface area (Å²) in [5.74, 6) is 0.999. The molecule has 0 aliphatic heterocycles. The van der Waals surface area contributed by atoms with E-state index in [1.165, 1.54) is 30.5 Å². The highest BCUT2D eigenvalue weighted by molar-refractivity contribution is 5.24. The number of nitrogens with zero attached hydrogens (tertiary/aromatic N) is 2. The minimum atomic E-state index is 0.631. The maximum absolute atomic E-state index is 4.44. The van der Waals surface area contributed by atoms with Gasteiger partial charge >= 0.3 is 0 Å². The monoisotopic (exact) mass is 221 g/mol. The summed E-state index contributed by atoms with van der Waals surface area (Å²) in [7, 11) is 2.01. The van der Waals surface area contributed by atoms with Gasteiger partial charge in [-0.25, -0.2) is 0 Å². The molecule has 3 nitrogen and oxygen atoms in total. The van der Waals surface area contributed by atoms with Gasteiger partial charge in [0.15, 0.2) is 0 Å². The SMILES string of the molecule is Cc1nn(C)c(C)c1CNC(C)CC1CC1. The van der Waals surface area contributed by atoms with Gasteiger partial charge in [-0.3, -0.25) is 4.68 Å². The summed E-state index contributed by atoms with van der Waals surface area (Å²) in [5.41, 5.74) is 3.81. The van der Waals surface area contributed by atoms with Crippen LogP contribution in [0.15, 0.2) is 0 Å². The second-order valence-corrected chi connectivity index (χ2v) is 5.23. The van der Waals surface area contributed by atoms with Gasteiger partial charge in [-0.2, -0.15) is 5.10 Å². The van der Waals surface area contributed by atoms with Crippen molar-refractivity contribution in [3.8, 4) is 0 Å². The summed E-state index contributed by atoms with van der Waals surface area (Å²) in [4.78, 5) is 0. The van der Waals surface area contributed by atoms with Crippen molar-refractivity contribution in [2.24, 2.45) is 13.0 Å². The van der Waals surface area contributed by atoms with E-state index in [4.69, 9.17) is 0 Å². The normalized spacial score (nSPS) is 17.8. The minimum Gasteiger partial charge on any atom is -0.310 e. The van der Waals surface area contributed by atoms with Crippen LogP contribution >= 0.6 is 0 Å². The Morgan fingerprint density at radius 1 is 1.44 bits per heavy atom. The van der Waals surface area contributed by atoms with E-state index in [1.54, 1.807) is 0 Å². The van der Waals surface area contributed by atoms with Crippen molar-refractivity contribution < 1.29 is 0 Å². The Morgan fingerprint density at radius 2 is 2.12 bits per heavy atom. The van der Waals surface area contributed by atoms with Gasteiger partial charge in [0, 0.05) is 30.9 Å². The van der Waals surface area contributed by atoms with Gasteiger partial charge in [0.1, 0.15) is 0 Å². The van der Waals surface area contributed by atoms with Crippen LogP contribution in [0.2, 0.25) is 0 Å². The van der Waals surface area contributed by atoms with Crippen molar-refractivity contribution in [1.82, 2.24) is 15.1 Å². The van der Waals surface area contributed by atoms with Gasteiger partial charge in [0.2, 0.25) is 0 Å². The molecule has 1 aromatic rings. The topological polar surface area (TPSA) is 29.9 Å². The quantitative estimate of drug-likeness (QED) is 0.827. The van der Waals surface area contributed by atoms with Crippen molar-refractivity contribution in [2.45, 2.75) is 52.6 Å². The van der Waals surface area contributed by atoms with Crippen LogP contribution in [0.4, 0.5) is 0 Å².